The highest BCUT2D eigenvalue weighted by Gasteiger charge is 2.04. The van der Waals surface area contributed by atoms with Crippen LogP contribution in [0.3, 0.4) is 0 Å². The molecule has 1 unspecified atom stereocenters. The summed E-state index contributed by atoms with van der Waals surface area (Å²) in [5.74, 6) is 0.853. The lowest BCUT2D eigenvalue weighted by Crippen LogP contribution is -1.96. The van der Waals surface area contributed by atoms with Gasteiger partial charge in [0.05, 0.1) is 6.04 Å². The van der Waals surface area contributed by atoms with Crippen molar-refractivity contribution in [3.8, 4) is 5.75 Å². The third-order valence-electron chi connectivity index (χ3n) is 4.81. The smallest absolute Gasteiger partial charge is 0.120 e. The topological polar surface area (TPSA) is 21.6 Å². The molecule has 138 valence electrons. The quantitative estimate of drug-likeness (QED) is 0.353. The van der Waals surface area contributed by atoms with Gasteiger partial charge in [-0.05, 0) is 52.6 Å². The highest BCUT2D eigenvalue weighted by molar-refractivity contribution is 5.83. The van der Waals surface area contributed by atoms with Gasteiger partial charge in [0, 0.05) is 6.21 Å². The zero-order valence-corrected chi connectivity index (χ0v) is 16.0. The standard InChI is InChI=1S/C26H23NO/c1-20(24-15-14-23-11-5-6-12-25(23)17-24)27-18-22-10-7-13-26(16-22)28-19-21-8-3-2-4-9-21/h2-18,20H,19H2,1H3. The molecule has 0 fully saturated rings. The van der Waals surface area contributed by atoms with E-state index < -0.39 is 0 Å². The monoisotopic (exact) mass is 365 g/mol. The van der Waals surface area contributed by atoms with E-state index in [2.05, 4.69) is 61.5 Å². The molecule has 0 amide bonds. The molecule has 2 nitrogen and oxygen atoms in total. The first kappa shape index (κ1) is 18.0. The van der Waals surface area contributed by atoms with Crippen LogP contribution in [-0.2, 0) is 6.61 Å². The second-order valence-electron chi connectivity index (χ2n) is 6.91. The van der Waals surface area contributed by atoms with Gasteiger partial charge in [0.25, 0.3) is 0 Å². The van der Waals surface area contributed by atoms with Crippen LogP contribution in [0.2, 0.25) is 0 Å². The molecule has 4 aromatic rings. The second kappa shape index (κ2) is 8.53. The van der Waals surface area contributed by atoms with Crippen LogP contribution in [0.4, 0.5) is 0 Å². The summed E-state index contributed by atoms with van der Waals surface area (Å²) in [6.07, 6.45) is 1.93. The van der Waals surface area contributed by atoms with E-state index in [0.29, 0.717) is 6.61 Å². The molecule has 2 heteroatoms. The fourth-order valence-corrected chi connectivity index (χ4v) is 3.18. The molecule has 1 atom stereocenters. The molecule has 0 heterocycles. The van der Waals surface area contributed by atoms with Crippen molar-refractivity contribution in [2.75, 3.05) is 0 Å². The Balaban J connectivity index is 1.44. The maximum Gasteiger partial charge on any atom is 0.120 e. The summed E-state index contributed by atoms with van der Waals surface area (Å²) in [4.78, 5) is 4.75. The van der Waals surface area contributed by atoms with Crippen molar-refractivity contribution in [2.45, 2.75) is 19.6 Å². The Bertz CT molecular complexity index is 1090. The third-order valence-corrected chi connectivity index (χ3v) is 4.81. The van der Waals surface area contributed by atoms with Gasteiger partial charge in [0.1, 0.15) is 12.4 Å². The van der Waals surface area contributed by atoms with Gasteiger partial charge < -0.3 is 4.74 Å². The number of aliphatic imine (C=N–C) groups is 1. The van der Waals surface area contributed by atoms with Crippen LogP contribution in [-0.4, -0.2) is 6.21 Å². The van der Waals surface area contributed by atoms with E-state index in [1.165, 1.54) is 16.3 Å². The Morgan fingerprint density at radius 1 is 0.786 bits per heavy atom. The molecule has 0 saturated heterocycles. The lowest BCUT2D eigenvalue weighted by atomic mass is 10.0. The van der Waals surface area contributed by atoms with Crippen molar-refractivity contribution in [2.24, 2.45) is 4.99 Å². The van der Waals surface area contributed by atoms with Gasteiger partial charge in [0.15, 0.2) is 0 Å². The van der Waals surface area contributed by atoms with Crippen molar-refractivity contribution in [3.63, 3.8) is 0 Å². The Morgan fingerprint density at radius 2 is 1.57 bits per heavy atom. The normalized spacial score (nSPS) is 12.3. The van der Waals surface area contributed by atoms with Crippen LogP contribution in [0.25, 0.3) is 10.8 Å². The van der Waals surface area contributed by atoms with E-state index in [9.17, 15) is 0 Å². The van der Waals surface area contributed by atoms with Gasteiger partial charge in [-0.25, -0.2) is 0 Å². The summed E-state index contributed by atoms with van der Waals surface area (Å²) in [6, 6.07) is 33.3. The molecule has 4 rings (SSSR count). The molecular weight excluding hydrogens is 342 g/mol. The largest absolute Gasteiger partial charge is 0.489 e. The predicted molar refractivity (Wildman–Crippen MR) is 117 cm³/mol. The molecule has 0 aliphatic carbocycles. The van der Waals surface area contributed by atoms with Crippen LogP contribution >= 0.6 is 0 Å². The lowest BCUT2D eigenvalue weighted by molar-refractivity contribution is 0.306. The first-order chi connectivity index (χ1) is 13.8. The zero-order chi connectivity index (χ0) is 19.2. The molecule has 4 aromatic carbocycles. The van der Waals surface area contributed by atoms with Crippen LogP contribution in [0.1, 0.15) is 29.7 Å². The molecule has 28 heavy (non-hydrogen) atoms. The summed E-state index contributed by atoms with van der Waals surface area (Å²) < 4.78 is 5.91. The van der Waals surface area contributed by atoms with Gasteiger partial charge in [-0.3, -0.25) is 4.99 Å². The molecule has 0 N–H and O–H groups in total. The van der Waals surface area contributed by atoms with Gasteiger partial charge in [-0.2, -0.15) is 0 Å². The highest BCUT2D eigenvalue weighted by atomic mass is 16.5. The van der Waals surface area contributed by atoms with E-state index in [0.717, 1.165) is 16.9 Å². The van der Waals surface area contributed by atoms with Gasteiger partial charge in [-0.15, -0.1) is 0 Å². The molecule has 0 bridgehead atoms. The van der Waals surface area contributed by atoms with Crippen LogP contribution in [0.15, 0.2) is 102 Å². The van der Waals surface area contributed by atoms with Gasteiger partial charge >= 0.3 is 0 Å². The summed E-state index contributed by atoms with van der Waals surface area (Å²) in [7, 11) is 0. The van der Waals surface area contributed by atoms with E-state index >= 15 is 0 Å². The maximum atomic E-state index is 5.91. The van der Waals surface area contributed by atoms with Crippen molar-refractivity contribution in [1.29, 1.82) is 0 Å². The fourth-order valence-electron chi connectivity index (χ4n) is 3.18. The molecule has 0 aliphatic rings. The molecule has 0 aromatic heterocycles. The average molecular weight is 365 g/mol. The number of benzene rings is 4. The number of hydrogen-bond donors (Lipinski definition) is 0. The summed E-state index contributed by atoms with van der Waals surface area (Å²) in [5.41, 5.74) is 3.41. The minimum Gasteiger partial charge on any atom is -0.489 e. The van der Waals surface area contributed by atoms with Gasteiger partial charge in [-0.1, -0.05) is 78.9 Å². The second-order valence-corrected chi connectivity index (χ2v) is 6.91. The Morgan fingerprint density at radius 3 is 2.43 bits per heavy atom. The van der Waals surface area contributed by atoms with Crippen molar-refractivity contribution in [1.82, 2.24) is 0 Å². The Kier molecular flexibility index (Phi) is 5.48. The number of fused-ring (bicyclic) bond motifs is 1. The average Bonchev–Trinajstić information content (AvgIpc) is 2.77. The fraction of sp³-hybridized carbons (Fsp3) is 0.115. The van der Waals surface area contributed by atoms with E-state index in [1.54, 1.807) is 0 Å². The third kappa shape index (κ3) is 4.47. The van der Waals surface area contributed by atoms with Crippen molar-refractivity contribution in [3.05, 3.63) is 114 Å². The number of ether oxygens (including phenoxy) is 1. The first-order valence-electron chi connectivity index (χ1n) is 9.56. The Labute approximate surface area is 166 Å². The SMILES string of the molecule is CC(N=Cc1cccc(OCc2ccccc2)c1)c1ccc2ccccc2c1. The minimum absolute atomic E-state index is 0.0958. The number of nitrogens with zero attached hydrogens (tertiary/aromatic N) is 1. The summed E-state index contributed by atoms with van der Waals surface area (Å²) >= 11 is 0. The minimum atomic E-state index is 0.0958. The number of hydrogen-bond acceptors (Lipinski definition) is 2. The van der Waals surface area contributed by atoms with Crippen LogP contribution < -0.4 is 4.74 Å². The summed E-state index contributed by atoms with van der Waals surface area (Å²) in [6.45, 7) is 2.69. The molecular formula is C26H23NO. The van der Waals surface area contributed by atoms with Crippen molar-refractivity contribution >= 4 is 17.0 Å². The van der Waals surface area contributed by atoms with E-state index in [4.69, 9.17) is 9.73 Å². The summed E-state index contributed by atoms with van der Waals surface area (Å²) in [5, 5.41) is 2.50. The molecule has 0 saturated carbocycles. The van der Waals surface area contributed by atoms with Crippen molar-refractivity contribution < 1.29 is 4.74 Å². The van der Waals surface area contributed by atoms with E-state index in [-0.39, 0.29) is 6.04 Å². The van der Waals surface area contributed by atoms with Crippen LogP contribution in [0.5, 0.6) is 5.75 Å². The number of rotatable bonds is 6. The highest BCUT2D eigenvalue weighted by Crippen LogP contribution is 2.23. The van der Waals surface area contributed by atoms with Gasteiger partial charge in [0.2, 0.25) is 0 Å². The molecule has 0 aliphatic heterocycles. The molecule has 0 radical (unpaired) electrons. The predicted octanol–water partition coefficient (Wildman–Crippen LogP) is 6.60. The zero-order valence-electron chi connectivity index (χ0n) is 16.0. The first-order valence-corrected chi connectivity index (χ1v) is 9.56. The van der Waals surface area contributed by atoms with Crippen LogP contribution in [0, 0.1) is 0 Å². The van der Waals surface area contributed by atoms with E-state index in [1.807, 2.05) is 48.7 Å². The maximum absolute atomic E-state index is 5.91. The Hall–Kier alpha value is -3.39. The molecule has 0 spiro atoms. The lowest BCUT2D eigenvalue weighted by Gasteiger charge is -2.09.